The number of carbonyl (C=O) groups excluding carboxylic acids is 1. The second-order valence-corrected chi connectivity index (χ2v) is 15.0. The van der Waals surface area contributed by atoms with Crippen LogP contribution >= 0.6 is 22.9 Å². The third kappa shape index (κ3) is 4.80. The van der Waals surface area contributed by atoms with Crippen LogP contribution in [0.25, 0.3) is 0 Å². The molecule has 0 fully saturated rings. The fourth-order valence-corrected chi connectivity index (χ4v) is 5.21. The maximum Gasteiger partial charge on any atom is 0.207 e. The zero-order valence-electron chi connectivity index (χ0n) is 18.0. The van der Waals surface area contributed by atoms with Gasteiger partial charge in [0, 0.05) is 16.6 Å². The fourth-order valence-electron chi connectivity index (χ4n) is 3.51. The molecule has 4 nitrogen and oxygen atoms in total. The molecule has 1 aliphatic rings. The Morgan fingerprint density at radius 2 is 2.06 bits per heavy atom. The van der Waals surface area contributed by atoms with Gasteiger partial charge in [0.25, 0.3) is 0 Å². The second kappa shape index (κ2) is 8.68. The molecular weight excluding hydrogens is 444 g/mol. The zero-order valence-corrected chi connectivity index (χ0v) is 20.5. The van der Waals surface area contributed by atoms with Crippen molar-refractivity contribution in [1.82, 2.24) is 9.97 Å². The van der Waals surface area contributed by atoms with Gasteiger partial charge < -0.3 is 4.74 Å². The van der Waals surface area contributed by atoms with Crippen molar-refractivity contribution in [1.29, 1.82) is 0 Å². The first-order valence-electron chi connectivity index (χ1n) is 10.1. The Balaban J connectivity index is 1.71. The Morgan fingerprint density at radius 1 is 1.26 bits per heavy atom. The van der Waals surface area contributed by atoms with E-state index in [0.29, 0.717) is 17.0 Å². The lowest BCUT2D eigenvalue weighted by Gasteiger charge is -2.26. The minimum Gasteiger partial charge on any atom is -0.368 e. The first kappa shape index (κ1) is 21.9. The van der Waals surface area contributed by atoms with Crippen molar-refractivity contribution in [3.8, 4) is 11.5 Å². The highest BCUT2D eigenvalue weighted by Gasteiger charge is 2.27. The summed E-state index contributed by atoms with van der Waals surface area (Å²) in [5, 5.41) is 0.164. The summed E-state index contributed by atoms with van der Waals surface area (Å²) >= 11 is 7.55. The van der Waals surface area contributed by atoms with Gasteiger partial charge in [0.15, 0.2) is 0 Å². The molecular formula is C24H23ClN2O2SSi. The first-order valence-corrected chi connectivity index (χ1v) is 14.8. The highest BCUT2D eigenvalue weighted by atomic mass is 35.5. The largest absolute Gasteiger partial charge is 0.368 e. The molecule has 0 saturated heterocycles. The molecule has 0 saturated carbocycles. The summed E-state index contributed by atoms with van der Waals surface area (Å²) in [7, 11) is -1.46. The SMILES string of the molecule is Cc1sc(C(=O)c2cncnc2Cl)cc1C1OCCc2ccc(C#C[Si](C)(C)C)cc21. The van der Waals surface area contributed by atoms with E-state index in [4.69, 9.17) is 16.3 Å². The molecule has 2 aromatic heterocycles. The predicted octanol–water partition coefficient (Wildman–Crippen LogP) is 5.62. The summed E-state index contributed by atoms with van der Waals surface area (Å²) in [6.45, 7) is 9.38. The van der Waals surface area contributed by atoms with Crippen LogP contribution in [0.2, 0.25) is 24.8 Å². The van der Waals surface area contributed by atoms with Crippen LogP contribution in [0.1, 0.15) is 48.5 Å². The van der Waals surface area contributed by atoms with Gasteiger partial charge in [0.05, 0.1) is 17.0 Å². The first-order chi connectivity index (χ1) is 14.7. The summed E-state index contributed by atoms with van der Waals surface area (Å²) < 4.78 is 6.20. The van der Waals surface area contributed by atoms with Crippen molar-refractivity contribution in [2.24, 2.45) is 0 Å². The number of benzene rings is 1. The molecule has 1 unspecified atom stereocenters. The Kier molecular flexibility index (Phi) is 6.13. The highest BCUT2D eigenvalue weighted by molar-refractivity contribution is 7.14. The van der Waals surface area contributed by atoms with Crippen LogP contribution in [-0.2, 0) is 11.2 Å². The number of carbonyl (C=O) groups is 1. The van der Waals surface area contributed by atoms with Crippen LogP contribution in [0.15, 0.2) is 36.8 Å². The van der Waals surface area contributed by atoms with Gasteiger partial charge in [-0.25, -0.2) is 9.97 Å². The lowest BCUT2D eigenvalue weighted by atomic mass is 9.91. The number of fused-ring (bicyclic) bond motifs is 1. The molecule has 0 amide bonds. The normalized spacial score (nSPS) is 15.7. The molecule has 0 spiro atoms. The van der Waals surface area contributed by atoms with E-state index < -0.39 is 8.07 Å². The summed E-state index contributed by atoms with van der Waals surface area (Å²) in [4.78, 5) is 22.5. The summed E-state index contributed by atoms with van der Waals surface area (Å²) in [5.41, 5.74) is 8.17. The van der Waals surface area contributed by atoms with E-state index in [-0.39, 0.29) is 17.0 Å². The van der Waals surface area contributed by atoms with E-state index >= 15 is 0 Å². The molecule has 1 aliphatic heterocycles. The number of ketones is 1. The maximum absolute atomic E-state index is 13.0. The Hall–Kier alpha value is -2.30. The number of halogens is 1. The van der Waals surface area contributed by atoms with E-state index in [0.717, 1.165) is 28.0 Å². The van der Waals surface area contributed by atoms with E-state index in [9.17, 15) is 4.79 Å². The Bertz CT molecular complexity index is 1220. The lowest BCUT2D eigenvalue weighted by molar-refractivity contribution is 0.0697. The smallest absolute Gasteiger partial charge is 0.207 e. The van der Waals surface area contributed by atoms with Crippen LogP contribution in [0.5, 0.6) is 0 Å². The van der Waals surface area contributed by atoms with E-state index in [2.05, 4.69) is 59.3 Å². The van der Waals surface area contributed by atoms with Crippen LogP contribution in [0.4, 0.5) is 0 Å². The monoisotopic (exact) mass is 466 g/mol. The number of thiophene rings is 1. The van der Waals surface area contributed by atoms with Crippen LogP contribution in [0, 0.1) is 18.4 Å². The molecule has 0 N–H and O–H groups in total. The average molecular weight is 467 g/mol. The minimum atomic E-state index is -1.46. The topological polar surface area (TPSA) is 52.1 Å². The van der Waals surface area contributed by atoms with Crippen molar-refractivity contribution >= 4 is 36.8 Å². The second-order valence-electron chi connectivity index (χ2n) is 8.59. The number of rotatable bonds is 3. The Labute approximate surface area is 192 Å². The molecule has 3 heterocycles. The molecule has 31 heavy (non-hydrogen) atoms. The van der Waals surface area contributed by atoms with Crippen molar-refractivity contribution in [2.45, 2.75) is 39.1 Å². The molecule has 7 heteroatoms. The third-order valence-corrected chi connectivity index (χ3v) is 7.28. The van der Waals surface area contributed by atoms with E-state index in [1.165, 1.54) is 29.4 Å². The van der Waals surface area contributed by atoms with E-state index in [1.807, 2.05) is 13.0 Å². The minimum absolute atomic E-state index is 0.164. The lowest BCUT2D eigenvalue weighted by Crippen LogP contribution is -2.18. The van der Waals surface area contributed by atoms with Crippen LogP contribution in [-0.4, -0.2) is 30.4 Å². The summed E-state index contributed by atoms with van der Waals surface area (Å²) in [6, 6.07) is 8.33. The third-order valence-electron chi connectivity index (χ3n) is 5.04. The quantitative estimate of drug-likeness (QED) is 0.217. The molecule has 1 aromatic carbocycles. The van der Waals surface area contributed by atoms with Gasteiger partial charge in [0.1, 0.15) is 25.7 Å². The number of nitrogens with zero attached hydrogens (tertiary/aromatic N) is 2. The molecule has 158 valence electrons. The number of aryl methyl sites for hydroxylation is 1. The molecule has 1 atom stereocenters. The van der Waals surface area contributed by atoms with Gasteiger partial charge in [-0.3, -0.25) is 4.79 Å². The van der Waals surface area contributed by atoms with Crippen LogP contribution < -0.4 is 0 Å². The number of hydrogen-bond acceptors (Lipinski definition) is 5. The summed E-state index contributed by atoms with van der Waals surface area (Å²) in [6.07, 6.45) is 3.46. The van der Waals surface area contributed by atoms with E-state index in [1.54, 1.807) is 0 Å². The van der Waals surface area contributed by atoms with Gasteiger partial charge in [-0.05, 0) is 48.2 Å². The Morgan fingerprint density at radius 3 is 2.81 bits per heavy atom. The number of ether oxygens (including phenoxy) is 1. The average Bonchev–Trinajstić information content (AvgIpc) is 3.12. The van der Waals surface area contributed by atoms with Gasteiger partial charge in [0.2, 0.25) is 5.78 Å². The maximum atomic E-state index is 13.0. The van der Waals surface area contributed by atoms with Gasteiger partial charge in [-0.2, -0.15) is 0 Å². The fraction of sp³-hybridized carbons (Fsp3) is 0.292. The van der Waals surface area contributed by atoms with Gasteiger partial charge in [-0.15, -0.1) is 16.9 Å². The highest BCUT2D eigenvalue weighted by Crippen LogP contribution is 2.38. The summed E-state index contributed by atoms with van der Waals surface area (Å²) in [5.74, 6) is 3.18. The number of hydrogen-bond donors (Lipinski definition) is 0. The standard InChI is InChI=1S/C24H23ClN2O2SSi/c1-15-18(12-21(30-15)22(28)20-13-26-14-27-24(20)25)23-19-11-16(8-10-31(2,3)4)5-6-17(19)7-9-29-23/h5-6,11-14,23H,7,9H2,1-4H3. The molecule has 3 aromatic rings. The van der Waals surface area contributed by atoms with Gasteiger partial charge in [-0.1, -0.05) is 43.2 Å². The molecule has 0 radical (unpaired) electrons. The molecule has 4 rings (SSSR count). The van der Waals surface area contributed by atoms with Crippen molar-refractivity contribution < 1.29 is 9.53 Å². The zero-order chi connectivity index (χ0) is 22.2. The van der Waals surface area contributed by atoms with Crippen molar-refractivity contribution in [3.05, 3.63) is 79.5 Å². The number of aromatic nitrogens is 2. The van der Waals surface area contributed by atoms with Crippen LogP contribution in [0.3, 0.4) is 0 Å². The van der Waals surface area contributed by atoms with Crippen molar-refractivity contribution in [2.75, 3.05) is 6.61 Å². The predicted molar refractivity (Wildman–Crippen MR) is 128 cm³/mol. The van der Waals surface area contributed by atoms with Gasteiger partial charge >= 0.3 is 0 Å². The van der Waals surface area contributed by atoms with Crippen molar-refractivity contribution in [3.63, 3.8) is 0 Å². The molecule has 0 bridgehead atoms. The molecule has 0 aliphatic carbocycles.